The molecule has 0 spiro atoms. The Hall–Kier alpha value is -4.81. The van der Waals surface area contributed by atoms with Crippen molar-refractivity contribution >= 4 is 76.9 Å². The van der Waals surface area contributed by atoms with E-state index >= 15 is 0 Å². The lowest BCUT2D eigenvalue weighted by Gasteiger charge is -2.12. The van der Waals surface area contributed by atoms with Crippen LogP contribution in [0.1, 0.15) is 15.2 Å². The van der Waals surface area contributed by atoms with Crippen LogP contribution in [0, 0.1) is 15.9 Å². The molecule has 6 rings (SSSR count). The Balaban J connectivity index is 1.45. The van der Waals surface area contributed by atoms with E-state index in [-0.39, 0.29) is 26.7 Å². The maximum atomic E-state index is 13.8. The topological polar surface area (TPSA) is 119 Å². The highest BCUT2D eigenvalue weighted by atomic mass is 32.1. The van der Waals surface area contributed by atoms with Gasteiger partial charge in [-0.15, -0.1) is 11.3 Å². The third kappa shape index (κ3) is 4.21. The van der Waals surface area contributed by atoms with Crippen LogP contribution in [-0.4, -0.2) is 22.0 Å². The fraction of sp³-hybridized carbons (Fsp3) is 0. The van der Waals surface area contributed by atoms with Gasteiger partial charge in [-0.1, -0.05) is 23.5 Å². The maximum Gasteiger partial charge on any atom is 0.290 e. The van der Waals surface area contributed by atoms with E-state index in [1.165, 1.54) is 48.9 Å². The summed E-state index contributed by atoms with van der Waals surface area (Å²) < 4.78 is 20.5. The largest absolute Gasteiger partial charge is 0.463 e. The predicted octanol–water partition coefficient (Wildman–Crippen LogP) is 6.35. The summed E-state index contributed by atoms with van der Waals surface area (Å²) >= 11 is 2.19. The van der Waals surface area contributed by atoms with Crippen LogP contribution in [0.3, 0.4) is 0 Å². The minimum atomic E-state index is -0.574. The summed E-state index contributed by atoms with van der Waals surface area (Å²) in [5.41, 5.74) is 0.566. The molecule has 186 valence electrons. The van der Waals surface area contributed by atoms with Gasteiger partial charge in [0.15, 0.2) is 0 Å². The molecule has 0 aliphatic carbocycles. The van der Waals surface area contributed by atoms with Gasteiger partial charge in [0.25, 0.3) is 11.6 Å². The lowest BCUT2D eigenvalue weighted by molar-refractivity contribution is -0.384. The molecule has 1 amide bonds. The van der Waals surface area contributed by atoms with Crippen LogP contribution in [-0.2, 0) is 0 Å². The summed E-state index contributed by atoms with van der Waals surface area (Å²) in [5.74, 6) is -1.02. The van der Waals surface area contributed by atoms with Crippen LogP contribution >= 0.6 is 22.7 Å². The standard InChI is InChI=1S/C26H13FN4O5S2/c27-16-5-7-19-22(11-16)38-26(29-19)30(28-12-15-13-36-20-4-2-1-3-18(20)24(15)32)25(33)23-10-14-9-17(31(34)35)6-8-21(14)37-23/h1-13H/b28-12+. The second-order valence-electron chi connectivity index (χ2n) is 8.08. The highest BCUT2D eigenvalue weighted by Crippen LogP contribution is 2.34. The zero-order chi connectivity index (χ0) is 26.4. The number of anilines is 1. The first kappa shape index (κ1) is 23.6. The smallest absolute Gasteiger partial charge is 0.290 e. The Kier molecular flexibility index (Phi) is 5.74. The number of non-ortho nitro benzene ring substituents is 1. The van der Waals surface area contributed by atoms with Crippen LogP contribution in [0.25, 0.3) is 31.3 Å². The molecule has 3 aromatic heterocycles. The minimum absolute atomic E-state index is 0.0968. The van der Waals surface area contributed by atoms with Crippen molar-refractivity contribution in [2.45, 2.75) is 0 Å². The molecule has 0 fully saturated rings. The minimum Gasteiger partial charge on any atom is -0.463 e. The Morgan fingerprint density at radius 3 is 2.76 bits per heavy atom. The average Bonchev–Trinajstić information content (AvgIpc) is 3.53. The molecule has 9 nitrogen and oxygen atoms in total. The van der Waals surface area contributed by atoms with Crippen molar-refractivity contribution in [1.29, 1.82) is 0 Å². The Labute approximate surface area is 219 Å². The number of para-hydroxylation sites is 1. The number of thiophene rings is 1. The summed E-state index contributed by atoms with van der Waals surface area (Å²) in [6.45, 7) is 0. The summed E-state index contributed by atoms with van der Waals surface area (Å²) in [6, 6.07) is 16.7. The SMILES string of the molecule is O=C(c1cc2cc([N+](=O)[O-])ccc2s1)N(/N=C/c1coc2ccccc2c1=O)c1nc2ccc(F)cc2s1. The fourth-order valence-electron chi connectivity index (χ4n) is 3.82. The Bertz CT molecular complexity index is 1990. The van der Waals surface area contributed by atoms with Crippen LogP contribution in [0.2, 0.25) is 0 Å². The number of nitrogens with zero attached hydrogens (tertiary/aromatic N) is 4. The van der Waals surface area contributed by atoms with Crippen LogP contribution < -0.4 is 10.4 Å². The number of hydrogen-bond acceptors (Lipinski definition) is 9. The van der Waals surface area contributed by atoms with E-state index in [9.17, 15) is 24.1 Å². The predicted molar refractivity (Wildman–Crippen MR) is 145 cm³/mol. The van der Waals surface area contributed by atoms with Crippen molar-refractivity contribution in [1.82, 2.24) is 4.98 Å². The van der Waals surface area contributed by atoms with Crippen molar-refractivity contribution < 1.29 is 18.5 Å². The summed E-state index contributed by atoms with van der Waals surface area (Å²) in [6.07, 6.45) is 2.46. The van der Waals surface area contributed by atoms with E-state index in [0.29, 0.717) is 31.3 Å². The maximum absolute atomic E-state index is 13.8. The van der Waals surface area contributed by atoms with Crippen molar-refractivity contribution in [3.05, 3.63) is 110 Å². The molecule has 3 heterocycles. The number of carbonyl (C=O) groups excluding carboxylic acids is 1. The van der Waals surface area contributed by atoms with Gasteiger partial charge < -0.3 is 4.42 Å². The van der Waals surface area contributed by atoms with Crippen LogP contribution in [0.5, 0.6) is 0 Å². The number of carbonyl (C=O) groups is 1. The molecule has 0 saturated carbocycles. The van der Waals surface area contributed by atoms with Gasteiger partial charge in [0.05, 0.1) is 37.2 Å². The number of hydrogen-bond donors (Lipinski definition) is 0. The molecule has 3 aromatic carbocycles. The number of fused-ring (bicyclic) bond motifs is 3. The molecule has 0 atom stereocenters. The van der Waals surface area contributed by atoms with Gasteiger partial charge in [-0.25, -0.2) is 9.37 Å². The quantitative estimate of drug-likeness (QED) is 0.142. The second kappa shape index (κ2) is 9.25. The van der Waals surface area contributed by atoms with Crippen molar-refractivity contribution in [3.8, 4) is 0 Å². The first-order chi connectivity index (χ1) is 18.4. The number of benzene rings is 3. The Morgan fingerprint density at radius 2 is 1.92 bits per heavy atom. The molecular formula is C26H13FN4O5S2. The van der Waals surface area contributed by atoms with Crippen molar-refractivity contribution in [3.63, 3.8) is 0 Å². The lowest BCUT2D eigenvalue weighted by Crippen LogP contribution is -2.25. The van der Waals surface area contributed by atoms with E-state index in [0.717, 1.165) is 27.7 Å². The highest BCUT2D eigenvalue weighted by Gasteiger charge is 2.24. The number of rotatable bonds is 5. The molecule has 38 heavy (non-hydrogen) atoms. The number of aromatic nitrogens is 1. The van der Waals surface area contributed by atoms with Crippen LogP contribution in [0.15, 0.2) is 87.3 Å². The van der Waals surface area contributed by atoms with Gasteiger partial charge in [-0.2, -0.15) is 10.1 Å². The molecule has 0 unspecified atom stereocenters. The van der Waals surface area contributed by atoms with Crippen LogP contribution in [0.4, 0.5) is 15.2 Å². The number of thiazole rings is 1. The van der Waals surface area contributed by atoms with Gasteiger partial charge in [-0.3, -0.25) is 19.7 Å². The van der Waals surface area contributed by atoms with Crippen molar-refractivity contribution in [2.24, 2.45) is 5.10 Å². The third-order valence-corrected chi connectivity index (χ3v) is 7.75. The zero-order valence-corrected chi connectivity index (χ0v) is 20.7. The number of halogens is 1. The number of nitro benzene ring substituents is 1. The van der Waals surface area contributed by atoms with Gasteiger partial charge in [0, 0.05) is 22.2 Å². The van der Waals surface area contributed by atoms with Gasteiger partial charge in [-0.05, 0) is 42.5 Å². The van der Waals surface area contributed by atoms with E-state index in [4.69, 9.17) is 4.42 Å². The second-order valence-corrected chi connectivity index (χ2v) is 10.2. The fourth-order valence-corrected chi connectivity index (χ4v) is 5.74. The van der Waals surface area contributed by atoms with Gasteiger partial charge >= 0.3 is 0 Å². The summed E-state index contributed by atoms with van der Waals surface area (Å²) in [4.78, 5) is 41.9. The number of amides is 1. The highest BCUT2D eigenvalue weighted by molar-refractivity contribution is 7.23. The summed E-state index contributed by atoms with van der Waals surface area (Å²) in [5, 5.41) is 17.5. The van der Waals surface area contributed by atoms with Gasteiger partial charge in [0.1, 0.15) is 17.7 Å². The number of hydrazone groups is 1. The number of nitro groups is 1. The van der Waals surface area contributed by atoms with E-state index in [1.807, 2.05) is 0 Å². The molecule has 12 heteroatoms. The monoisotopic (exact) mass is 544 g/mol. The third-order valence-electron chi connectivity index (χ3n) is 5.65. The van der Waals surface area contributed by atoms with E-state index in [2.05, 4.69) is 10.1 Å². The lowest BCUT2D eigenvalue weighted by atomic mass is 10.2. The first-order valence-electron chi connectivity index (χ1n) is 11.0. The molecular weight excluding hydrogens is 531 g/mol. The van der Waals surface area contributed by atoms with Gasteiger partial charge in [0.2, 0.25) is 10.6 Å². The van der Waals surface area contributed by atoms with E-state index < -0.39 is 16.6 Å². The molecule has 0 saturated heterocycles. The molecule has 0 radical (unpaired) electrons. The molecule has 0 aliphatic heterocycles. The average molecular weight is 545 g/mol. The molecule has 0 bridgehead atoms. The molecule has 6 aromatic rings. The Morgan fingerprint density at radius 1 is 1.08 bits per heavy atom. The molecule has 0 N–H and O–H groups in total. The zero-order valence-electron chi connectivity index (χ0n) is 19.0. The molecule has 0 aliphatic rings. The normalized spacial score (nSPS) is 11.6. The summed E-state index contributed by atoms with van der Waals surface area (Å²) in [7, 11) is 0. The van der Waals surface area contributed by atoms with E-state index in [1.54, 1.807) is 30.3 Å². The first-order valence-corrected chi connectivity index (χ1v) is 12.6. The van der Waals surface area contributed by atoms with Crippen molar-refractivity contribution in [2.75, 3.05) is 5.01 Å².